The molecule has 0 spiro atoms. The molecule has 3 rings (SSSR count). The molecule has 2 heterocycles. The number of ether oxygens (including phenoxy) is 1. The van der Waals surface area contributed by atoms with Gasteiger partial charge in [-0.15, -0.1) is 0 Å². The van der Waals surface area contributed by atoms with Crippen molar-refractivity contribution >= 4 is 22.7 Å². The number of esters is 1. The minimum Gasteiger partial charge on any atom is -0.462 e. The molecule has 6 heteroatoms. The highest BCUT2D eigenvalue weighted by atomic mass is 16.5. The first-order valence-electron chi connectivity index (χ1n) is 6.56. The summed E-state index contributed by atoms with van der Waals surface area (Å²) in [7, 11) is 0. The first kappa shape index (κ1) is 13.1. The Hall–Kier alpha value is -2.89. The molecule has 0 fully saturated rings. The van der Waals surface area contributed by atoms with E-state index in [2.05, 4.69) is 9.97 Å². The molecule has 0 atom stereocenters. The van der Waals surface area contributed by atoms with Crippen LogP contribution in [0.25, 0.3) is 16.9 Å². The van der Waals surface area contributed by atoms with Gasteiger partial charge in [-0.3, -0.25) is 4.57 Å². The van der Waals surface area contributed by atoms with Gasteiger partial charge in [0.15, 0.2) is 5.82 Å². The quantitative estimate of drug-likeness (QED) is 0.744. The lowest BCUT2D eigenvalue weighted by Crippen LogP contribution is -2.11. The van der Waals surface area contributed by atoms with Crippen molar-refractivity contribution in [3.8, 4) is 5.82 Å². The van der Waals surface area contributed by atoms with Gasteiger partial charge in [-0.05, 0) is 25.1 Å². The molecule has 0 saturated heterocycles. The number of fused-ring (bicyclic) bond motifs is 1. The van der Waals surface area contributed by atoms with Gasteiger partial charge in [-0.25, -0.2) is 14.8 Å². The molecule has 3 aromatic rings. The van der Waals surface area contributed by atoms with Crippen LogP contribution in [-0.4, -0.2) is 27.1 Å². The number of pyridine rings is 1. The second kappa shape index (κ2) is 5.24. The summed E-state index contributed by atoms with van der Waals surface area (Å²) in [6, 6.07) is 9.18. The zero-order valence-corrected chi connectivity index (χ0v) is 11.5. The predicted octanol–water partition coefficient (Wildman–Crippen LogP) is 2.18. The fraction of sp³-hybridized carbons (Fsp3) is 0.133. The second-order valence-corrected chi connectivity index (χ2v) is 4.46. The zero-order chi connectivity index (χ0) is 14.8. The topological polar surface area (TPSA) is 83.0 Å². The van der Waals surface area contributed by atoms with Crippen LogP contribution in [0.15, 0.2) is 42.9 Å². The number of aromatic nitrogens is 3. The Morgan fingerprint density at radius 2 is 2.14 bits per heavy atom. The van der Waals surface area contributed by atoms with E-state index in [0.29, 0.717) is 17.1 Å². The van der Waals surface area contributed by atoms with Crippen LogP contribution >= 0.6 is 0 Å². The van der Waals surface area contributed by atoms with Crippen LogP contribution in [-0.2, 0) is 4.74 Å². The summed E-state index contributed by atoms with van der Waals surface area (Å²) in [5, 5.41) is 0. The van der Waals surface area contributed by atoms with Crippen LogP contribution in [0.3, 0.4) is 0 Å². The van der Waals surface area contributed by atoms with E-state index in [1.54, 1.807) is 23.9 Å². The maximum absolute atomic E-state index is 12.1. The van der Waals surface area contributed by atoms with Crippen LogP contribution in [0.1, 0.15) is 17.3 Å². The van der Waals surface area contributed by atoms with E-state index in [-0.39, 0.29) is 6.61 Å². The lowest BCUT2D eigenvalue weighted by molar-refractivity contribution is 0.0526. The molecule has 2 aromatic heterocycles. The summed E-state index contributed by atoms with van der Waals surface area (Å²) in [4.78, 5) is 20.7. The first-order chi connectivity index (χ1) is 10.2. The lowest BCUT2D eigenvalue weighted by atomic mass is 10.2. The van der Waals surface area contributed by atoms with Gasteiger partial charge < -0.3 is 10.5 Å². The van der Waals surface area contributed by atoms with E-state index in [1.165, 1.54) is 6.20 Å². The summed E-state index contributed by atoms with van der Waals surface area (Å²) in [5.74, 6) is 0.00133. The molecule has 1 aromatic carbocycles. The van der Waals surface area contributed by atoms with Gasteiger partial charge in [0.25, 0.3) is 0 Å². The highest BCUT2D eigenvalue weighted by Gasteiger charge is 2.17. The van der Waals surface area contributed by atoms with E-state index in [4.69, 9.17) is 10.5 Å². The fourth-order valence-corrected chi connectivity index (χ4v) is 2.15. The minimum absolute atomic E-state index is 0.289. The maximum Gasteiger partial charge on any atom is 0.342 e. The van der Waals surface area contributed by atoms with Crippen molar-refractivity contribution in [3.05, 3.63) is 48.4 Å². The van der Waals surface area contributed by atoms with Gasteiger partial charge in [0.2, 0.25) is 0 Å². The number of nitrogen functional groups attached to an aromatic ring is 1. The van der Waals surface area contributed by atoms with Crippen LogP contribution < -0.4 is 5.73 Å². The molecule has 0 aliphatic carbocycles. The van der Waals surface area contributed by atoms with Gasteiger partial charge in [-0.2, -0.15) is 0 Å². The molecule has 21 heavy (non-hydrogen) atoms. The number of imidazole rings is 1. The van der Waals surface area contributed by atoms with Crippen molar-refractivity contribution < 1.29 is 9.53 Å². The number of carbonyl (C=O) groups is 1. The standard InChI is InChI=1S/C15H14N4O2/c1-2-21-15(20)11-7-10(16)8-17-14(11)19-9-18-12-5-3-4-6-13(12)19/h3-9H,2,16H2,1H3. The first-order valence-corrected chi connectivity index (χ1v) is 6.56. The summed E-state index contributed by atoms with van der Waals surface area (Å²) < 4.78 is 6.82. The van der Waals surface area contributed by atoms with E-state index < -0.39 is 5.97 Å². The predicted molar refractivity (Wildman–Crippen MR) is 79.2 cm³/mol. The van der Waals surface area contributed by atoms with Crippen molar-refractivity contribution in [3.63, 3.8) is 0 Å². The van der Waals surface area contributed by atoms with Crippen molar-refractivity contribution in [1.29, 1.82) is 0 Å². The Bertz CT molecular complexity index is 810. The molecule has 106 valence electrons. The average molecular weight is 282 g/mol. The number of hydrogen-bond acceptors (Lipinski definition) is 5. The summed E-state index contributed by atoms with van der Waals surface area (Å²) in [6.45, 7) is 2.04. The number of hydrogen-bond donors (Lipinski definition) is 1. The molecular weight excluding hydrogens is 268 g/mol. The lowest BCUT2D eigenvalue weighted by Gasteiger charge is -2.10. The summed E-state index contributed by atoms with van der Waals surface area (Å²) >= 11 is 0. The average Bonchev–Trinajstić information content (AvgIpc) is 2.91. The second-order valence-electron chi connectivity index (χ2n) is 4.46. The van der Waals surface area contributed by atoms with Crippen LogP contribution in [0.4, 0.5) is 5.69 Å². The fourth-order valence-electron chi connectivity index (χ4n) is 2.15. The van der Waals surface area contributed by atoms with E-state index in [1.807, 2.05) is 24.3 Å². The van der Waals surface area contributed by atoms with Crippen molar-refractivity contribution in [1.82, 2.24) is 14.5 Å². The third kappa shape index (κ3) is 2.31. The summed E-state index contributed by atoms with van der Waals surface area (Å²) in [6.07, 6.45) is 3.14. The molecule has 0 aliphatic heterocycles. The van der Waals surface area contributed by atoms with Crippen LogP contribution in [0.2, 0.25) is 0 Å². The van der Waals surface area contributed by atoms with Crippen LogP contribution in [0.5, 0.6) is 0 Å². The van der Waals surface area contributed by atoms with Gasteiger partial charge in [0.05, 0.1) is 29.5 Å². The molecule has 6 nitrogen and oxygen atoms in total. The molecule has 0 radical (unpaired) electrons. The van der Waals surface area contributed by atoms with Gasteiger partial charge in [0.1, 0.15) is 11.9 Å². The molecule has 0 aliphatic rings. The highest BCUT2D eigenvalue weighted by molar-refractivity contribution is 5.94. The van der Waals surface area contributed by atoms with Gasteiger partial charge in [-0.1, -0.05) is 12.1 Å². The van der Waals surface area contributed by atoms with Gasteiger partial charge >= 0.3 is 5.97 Å². The third-order valence-electron chi connectivity index (χ3n) is 3.06. The Labute approximate surface area is 121 Å². The maximum atomic E-state index is 12.1. The third-order valence-corrected chi connectivity index (χ3v) is 3.06. The smallest absolute Gasteiger partial charge is 0.342 e. The molecule has 0 amide bonds. The van der Waals surface area contributed by atoms with E-state index in [9.17, 15) is 4.79 Å². The largest absolute Gasteiger partial charge is 0.462 e. The van der Waals surface area contributed by atoms with Crippen molar-refractivity contribution in [2.75, 3.05) is 12.3 Å². The Balaban J connectivity index is 2.20. The monoisotopic (exact) mass is 282 g/mol. The van der Waals surface area contributed by atoms with Gasteiger partial charge in [0, 0.05) is 0 Å². The Morgan fingerprint density at radius 1 is 1.33 bits per heavy atom. The molecule has 0 saturated carbocycles. The van der Waals surface area contributed by atoms with Crippen LogP contribution in [0, 0.1) is 0 Å². The molecule has 2 N–H and O–H groups in total. The summed E-state index contributed by atoms with van der Waals surface area (Å²) in [5.41, 5.74) is 8.15. The molecule has 0 bridgehead atoms. The van der Waals surface area contributed by atoms with E-state index in [0.717, 1.165) is 11.0 Å². The Kier molecular flexibility index (Phi) is 3.27. The number of nitrogens with zero attached hydrogens (tertiary/aromatic N) is 3. The molecule has 0 unspecified atom stereocenters. The number of benzene rings is 1. The highest BCUT2D eigenvalue weighted by Crippen LogP contribution is 2.21. The van der Waals surface area contributed by atoms with E-state index >= 15 is 0 Å². The normalized spacial score (nSPS) is 10.7. The molecular formula is C15H14N4O2. The number of anilines is 1. The van der Waals surface area contributed by atoms with Crippen molar-refractivity contribution in [2.45, 2.75) is 6.92 Å². The number of nitrogens with two attached hydrogens (primary N) is 1. The Morgan fingerprint density at radius 3 is 2.95 bits per heavy atom. The zero-order valence-electron chi connectivity index (χ0n) is 11.5. The SMILES string of the molecule is CCOC(=O)c1cc(N)cnc1-n1cnc2ccccc21. The van der Waals surface area contributed by atoms with Crippen molar-refractivity contribution in [2.24, 2.45) is 0 Å². The number of rotatable bonds is 3. The minimum atomic E-state index is -0.454. The number of para-hydroxylation sites is 2. The number of carbonyl (C=O) groups excluding carboxylic acids is 1.